The molecular formula is C14H15BrN4OS. The lowest BCUT2D eigenvalue weighted by molar-refractivity contribution is -0.113. The number of aryl methyl sites for hydroxylation is 1. The number of nitrogens with one attached hydrogen (secondary N) is 1. The van der Waals surface area contributed by atoms with Crippen molar-refractivity contribution >= 4 is 39.3 Å². The maximum absolute atomic E-state index is 12.0. The second-order valence-electron chi connectivity index (χ2n) is 4.36. The molecule has 0 saturated heterocycles. The summed E-state index contributed by atoms with van der Waals surface area (Å²) in [4.78, 5) is 12.0. The number of amides is 1. The van der Waals surface area contributed by atoms with Crippen LogP contribution in [0.25, 0.3) is 0 Å². The molecule has 2 rings (SSSR count). The lowest BCUT2D eigenvalue weighted by Crippen LogP contribution is -2.14. The molecule has 7 heteroatoms. The third kappa shape index (κ3) is 4.44. The van der Waals surface area contributed by atoms with Crippen LogP contribution in [0.15, 0.2) is 46.8 Å². The predicted molar refractivity (Wildman–Crippen MR) is 88.5 cm³/mol. The molecule has 5 nitrogen and oxygen atoms in total. The maximum atomic E-state index is 12.0. The third-order valence-electron chi connectivity index (χ3n) is 2.68. The van der Waals surface area contributed by atoms with Gasteiger partial charge in [0.05, 0.1) is 5.75 Å². The van der Waals surface area contributed by atoms with E-state index in [0.29, 0.717) is 11.7 Å². The molecule has 0 unspecified atom stereocenters. The molecule has 2 aromatic rings. The molecular weight excluding hydrogens is 352 g/mol. The third-order valence-corrected chi connectivity index (χ3v) is 4.55. The van der Waals surface area contributed by atoms with Gasteiger partial charge >= 0.3 is 0 Å². The van der Waals surface area contributed by atoms with Crippen molar-refractivity contribution in [3.63, 3.8) is 0 Å². The molecule has 0 aliphatic rings. The summed E-state index contributed by atoms with van der Waals surface area (Å²) >= 11 is 4.78. The van der Waals surface area contributed by atoms with Crippen molar-refractivity contribution in [1.82, 2.24) is 14.8 Å². The van der Waals surface area contributed by atoms with Gasteiger partial charge in [0, 0.05) is 16.7 Å². The second-order valence-corrected chi connectivity index (χ2v) is 6.15. The smallest absolute Gasteiger partial charge is 0.234 e. The van der Waals surface area contributed by atoms with Gasteiger partial charge in [0.1, 0.15) is 6.33 Å². The van der Waals surface area contributed by atoms with Gasteiger partial charge in [-0.05, 0) is 30.7 Å². The molecule has 1 N–H and O–H groups in total. The van der Waals surface area contributed by atoms with Crippen LogP contribution in [0, 0.1) is 6.92 Å². The van der Waals surface area contributed by atoms with E-state index in [1.165, 1.54) is 11.8 Å². The number of carbonyl (C=O) groups is 1. The molecule has 0 radical (unpaired) electrons. The summed E-state index contributed by atoms with van der Waals surface area (Å²) in [5.74, 6) is 0.208. The van der Waals surface area contributed by atoms with Crippen LogP contribution in [-0.4, -0.2) is 26.4 Å². The molecule has 1 aromatic carbocycles. The highest BCUT2D eigenvalue weighted by Crippen LogP contribution is 2.21. The van der Waals surface area contributed by atoms with Crippen LogP contribution in [0.3, 0.4) is 0 Å². The Bertz CT molecular complexity index is 656. The van der Waals surface area contributed by atoms with Crippen LogP contribution in [0.2, 0.25) is 0 Å². The van der Waals surface area contributed by atoms with E-state index in [-0.39, 0.29) is 11.7 Å². The van der Waals surface area contributed by atoms with E-state index in [0.717, 1.165) is 15.7 Å². The van der Waals surface area contributed by atoms with Crippen LogP contribution in [0.5, 0.6) is 0 Å². The van der Waals surface area contributed by atoms with E-state index < -0.39 is 0 Å². The zero-order chi connectivity index (χ0) is 15.2. The fourth-order valence-electron chi connectivity index (χ4n) is 1.67. The number of aromatic nitrogens is 3. The fourth-order valence-corrected chi connectivity index (χ4v) is 2.64. The Kier molecular flexibility index (Phi) is 5.58. The first-order chi connectivity index (χ1) is 10.1. The highest BCUT2D eigenvalue weighted by molar-refractivity contribution is 9.10. The predicted octanol–water partition coefficient (Wildman–Crippen LogP) is 3.27. The number of thioether (sulfide) groups is 1. The number of nitrogens with zero attached hydrogens (tertiary/aromatic N) is 3. The number of allylic oxidation sites excluding steroid dienone is 1. The first kappa shape index (κ1) is 15.8. The SMILES string of the molecule is C=CCn1cnnc1SCC(=O)Nc1ccc(Br)c(C)c1. The maximum Gasteiger partial charge on any atom is 0.234 e. The minimum absolute atomic E-state index is 0.0742. The van der Waals surface area contributed by atoms with Gasteiger partial charge < -0.3 is 9.88 Å². The summed E-state index contributed by atoms with van der Waals surface area (Å²) in [6.07, 6.45) is 3.39. The Hall–Kier alpha value is -1.60. The molecule has 0 aliphatic heterocycles. The van der Waals surface area contributed by atoms with Crippen LogP contribution in [0.4, 0.5) is 5.69 Å². The number of carbonyl (C=O) groups excluding carboxylic acids is 1. The standard InChI is InChI=1S/C14H15BrN4OS/c1-3-6-19-9-16-18-14(19)21-8-13(20)17-11-4-5-12(15)10(2)7-11/h3-5,7,9H,1,6,8H2,2H3,(H,17,20). The molecule has 0 spiro atoms. The number of rotatable bonds is 6. The quantitative estimate of drug-likeness (QED) is 0.629. The van der Waals surface area contributed by atoms with Gasteiger partial charge in [-0.3, -0.25) is 4.79 Å². The molecule has 0 aliphatic carbocycles. The average molecular weight is 367 g/mol. The van der Waals surface area contributed by atoms with E-state index in [4.69, 9.17) is 0 Å². The summed E-state index contributed by atoms with van der Waals surface area (Å²) in [5, 5.41) is 11.4. The molecule has 0 atom stereocenters. The minimum atomic E-state index is -0.0742. The number of hydrogen-bond acceptors (Lipinski definition) is 4. The Morgan fingerprint density at radius 3 is 3.10 bits per heavy atom. The molecule has 1 heterocycles. The normalized spacial score (nSPS) is 10.4. The molecule has 0 saturated carbocycles. The van der Waals surface area contributed by atoms with Gasteiger partial charge in [-0.1, -0.05) is 33.8 Å². The zero-order valence-electron chi connectivity index (χ0n) is 11.5. The van der Waals surface area contributed by atoms with Crippen LogP contribution in [-0.2, 0) is 11.3 Å². The summed E-state index contributed by atoms with van der Waals surface area (Å²) in [5.41, 5.74) is 1.86. The minimum Gasteiger partial charge on any atom is -0.325 e. The van der Waals surface area contributed by atoms with E-state index in [1.54, 1.807) is 12.4 Å². The topological polar surface area (TPSA) is 59.8 Å². The number of halogens is 1. The van der Waals surface area contributed by atoms with Crippen LogP contribution >= 0.6 is 27.7 Å². The molecule has 0 bridgehead atoms. The van der Waals surface area contributed by atoms with Crippen molar-refractivity contribution in [2.75, 3.05) is 11.1 Å². The summed E-state index contributed by atoms with van der Waals surface area (Å²) in [6.45, 7) is 6.28. The first-order valence-corrected chi connectivity index (χ1v) is 8.05. The monoisotopic (exact) mass is 366 g/mol. The molecule has 110 valence electrons. The van der Waals surface area contributed by atoms with Gasteiger partial charge in [-0.2, -0.15) is 0 Å². The van der Waals surface area contributed by atoms with Gasteiger partial charge in [0.25, 0.3) is 0 Å². The highest BCUT2D eigenvalue weighted by Gasteiger charge is 2.08. The van der Waals surface area contributed by atoms with Gasteiger partial charge in [0.2, 0.25) is 5.91 Å². The van der Waals surface area contributed by atoms with Crippen molar-refractivity contribution in [1.29, 1.82) is 0 Å². The lowest BCUT2D eigenvalue weighted by atomic mass is 10.2. The second kappa shape index (κ2) is 7.42. The lowest BCUT2D eigenvalue weighted by Gasteiger charge is -2.07. The van der Waals surface area contributed by atoms with Crippen molar-refractivity contribution < 1.29 is 4.79 Å². The van der Waals surface area contributed by atoms with Crippen molar-refractivity contribution in [3.05, 3.63) is 47.2 Å². The van der Waals surface area contributed by atoms with E-state index >= 15 is 0 Å². The van der Waals surface area contributed by atoms with Gasteiger partial charge in [-0.25, -0.2) is 0 Å². The van der Waals surface area contributed by atoms with E-state index in [9.17, 15) is 4.79 Å². The van der Waals surface area contributed by atoms with Gasteiger partial charge in [-0.15, -0.1) is 16.8 Å². The first-order valence-electron chi connectivity index (χ1n) is 6.27. The molecule has 1 aromatic heterocycles. The van der Waals surface area contributed by atoms with E-state index in [1.807, 2.05) is 29.7 Å². The average Bonchev–Trinajstić information content (AvgIpc) is 2.89. The summed E-state index contributed by atoms with van der Waals surface area (Å²) in [7, 11) is 0. The van der Waals surface area contributed by atoms with Crippen molar-refractivity contribution in [3.8, 4) is 0 Å². The molecule has 1 amide bonds. The number of benzene rings is 1. The number of hydrogen-bond donors (Lipinski definition) is 1. The van der Waals surface area contributed by atoms with Gasteiger partial charge in [0.15, 0.2) is 5.16 Å². The van der Waals surface area contributed by atoms with Crippen molar-refractivity contribution in [2.45, 2.75) is 18.6 Å². The molecule has 0 fully saturated rings. The summed E-state index contributed by atoms with van der Waals surface area (Å²) < 4.78 is 2.86. The van der Waals surface area contributed by atoms with Crippen molar-refractivity contribution in [2.24, 2.45) is 0 Å². The molecule has 21 heavy (non-hydrogen) atoms. The Morgan fingerprint density at radius 1 is 1.57 bits per heavy atom. The van der Waals surface area contributed by atoms with Crippen LogP contribution in [0.1, 0.15) is 5.56 Å². The highest BCUT2D eigenvalue weighted by atomic mass is 79.9. The zero-order valence-corrected chi connectivity index (χ0v) is 13.9. The fraction of sp³-hybridized carbons (Fsp3) is 0.214. The van der Waals surface area contributed by atoms with Crippen LogP contribution < -0.4 is 5.32 Å². The Labute approximate surface area is 136 Å². The largest absolute Gasteiger partial charge is 0.325 e. The summed E-state index contributed by atoms with van der Waals surface area (Å²) in [6, 6.07) is 5.70. The number of anilines is 1. The Morgan fingerprint density at radius 2 is 2.38 bits per heavy atom. The van der Waals surface area contributed by atoms with E-state index in [2.05, 4.69) is 38.0 Å². The Balaban J connectivity index is 1.91.